The number of nitrogens with zero attached hydrogens (tertiary/aromatic N) is 4. The minimum Gasteiger partial charge on any atom is -0.267 e. The number of hydrogen-bond donors (Lipinski definition) is 0. The van der Waals surface area contributed by atoms with Crippen LogP contribution in [0.5, 0.6) is 0 Å². The predicted molar refractivity (Wildman–Crippen MR) is 145 cm³/mol. The van der Waals surface area contributed by atoms with Crippen LogP contribution in [0.4, 0.5) is 5.13 Å². The van der Waals surface area contributed by atoms with Crippen LogP contribution in [-0.4, -0.2) is 42.9 Å². The van der Waals surface area contributed by atoms with Gasteiger partial charge in [0.2, 0.25) is 15.2 Å². The van der Waals surface area contributed by atoms with E-state index < -0.39 is 15.9 Å². The molecule has 3 heterocycles. The minimum absolute atomic E-state index is 0.189. The van der Waals surface area contributed by atoms with E-state index in [1.165, 1.54) is 56.3 Å². The lowest BCUT2D eigenvalue weighted by molar-refractivity contribution is 0.0987. The van der Waals surface area contributed by atoms with Crippen LogP contribution in [0.2, 0.25) is 0 Å². The fourth-order valence-electron chi connectivity index (χ4n) is 3.79. The van der Waals surface area contributed by atoms with Gasteiger partial charge in [-0.1, -0.05) is 39.8 Å². The summed E-state index contributed by atoms with van der Waals surface area (Å²) >= 11 is 6.34. The highest BCUT2D eigenvalue weighted by atomic mass is 79.9. The molecule has 4 aromatic rings. The zero-order valence-electron chi connectivity index (χ0n) is 18.5. The Morgan fingerprint density at radius 1 is 1.09 bits per heavy atom. The van der Waals surface area contributed by atoms with Crippen molar-refractivity contribution in [2.24, 2.45) is 5.10 Å². The van der Waals surface area contributed by atoms with Crippen LogP contribution in [-0.2, 0) is 10.0 Å². The number of amides is 1. The number of fused-ring (bicyclic) bond motifs is 1. The number of thiazole rings is 1. The zero-order chi connectivity index (χ0) is 24.4. The Balaban J connectivity index is 1.47. The first-order valence-corrected chi connectivity index (χ1v) is 14.9. The van der Waals surface area contributed by atoms with Crippen LogP contribution in [0.15, 0.2) is 74.4 Å². The molecule has 0 atom stereocenters. The van der Waals surface area contributed by atoms with Crippen molar-refractivity contribution in [3.63, 3.8) is 0 Å². The minimum atomic E-state index is -3.57. The Bertz CT molecular complexity index is 1480. The first-order chi connectivity index (χ1) is 16.9. The normalized spacial score (nSPS) is 15.1. The molecule has 0 radical (unpaired) electrons. The van der Waals surface area contributed by atoms with Gasteiger partial charge in [0.05, 0.1) is 21.3 Å². The SMILES string of the molecule is O=C(c1ccc(S(=O)(=O)N2CCCCC2)cc1)N(/N=C/c1cccs1)c1nc2ccc(Br)cc2s1. The van der Waals surface area contributed by atoms with Crippen molar-refractivity contribution in [1.29, 1.82) is 0 Å². The number of aromatic nitrogens is 1. The summed E-state index contributed by atoms with van der Waals surface area (Å²) in [6.45, 7) is 1.06. The van der Waals surface area contributed by atoms with Crippen LogP contribution in [0, 0.1) is 0 Å². The lowest BCUT2D eigenvalue weighted by Crippen LogP contribution is -2.35. The molecule has 1 aliphatic heterocycles. The maximum atomic E-state index is 13.5. The lowest BCUT2D eigenvalue weighted by Gasteiger charge is -2.25. The highest BCUT2D eigenvalue weighted by Crippen LogP contribution is 2.32. The standard InChI is InChI=1S/C24H21BrN4O3S3/c25-18-8-11-21-22(15-18)34-24(27-21)29(26-16-19-5-4-14-33-19)23(30)17-6-9-20(10-7-17)35(31,32)28-12-2-1-3-13-28/h4-11,14-16H,1-3,12-13H2/b26-16+. The third kappa shape index (κ3) is 5.24. The Labute approximate surface area is 219 Å². The molecule has 0 spiro atoms. The molecule has 180 valence electrons. The summed E-state index contributed by atoms with van der Waals surface area (Å²) in [5.41, 5.74) is 1.09. The van der Waals surface area contributed by atoms with E-state index in [-0.39, 0.29) is 4.90 Å². The van der Waals surface area contributed by atoms with Crippen LogP contribution in [0.3, 0.4) is 0 Å². The predicted octanol–water partition coefficient (Wildman–Crippen LogP) is 5.98. The Hall–Kier alpha value is -2.44. The number of carbonyl (C=O) groups is 1. The molecule has 5 rings (SSSR count). The Kier molecular flexibility index (Phi) is 7.12. The second kappa shape index (κ2) is 10.3. The van der Waals surface area contributed by atoms with E-state index in [4.69, 9.17) is 0 Å². The van der Waals surface area contributed by atoms with Gasteiger partial charge < -0.3 is 0 Å². The highest BCUT2D eigenvalue weighted by Gasteiger charge is 2.27. The molecule has 1 fully saturated rings. The quantitative estimate of drug-likeness (QED) is 0.205. The molecular formula is C24H21BrN4O3S3. The Morgan fingerprint density at radius 2 is 1.86 bits per heavy atom. The molecule has 7 nitrogen and oxygen atoms in total. The van der Waals surface area contributed by atoms with Gasteiger partial charge in [0.1, 0.15) is 0 Å². The fraction of sp³-hybridized carbons (Fsp3) is 0.208. The number of anilines is 1. The van der Waals surface area contributed by atoms with E-state index in [9.17, 15) is 13.2 Å². The third-order valence-corrected chi connectivity index (χ3v) is 9.82. The van der Waals surface area contributed by atoms with Gasteiger partial charge in [0, 0.05) is 28.0 Å². The van der Waals surface area contributed by atoms with E-state index in [0.29, 0.717) is 23.8 Å². The summed E-state index contributed by atoms with van der Waals surface area (Å²) in [6.07, 6.45) is 4.40. The van der Waals surface area contributed by atoms with Crippen molar-refractivity contribution in [3.8, 4) is 0 Å². The summed E-state index contributed by atoms with van der Waals surface area (Å²) in [4.78, 5) is 19.2. The van der Waals surface area contributed by atoms with E-state index >= 15 is 0 Å². The summed E-state index contributed by atoms with van der Waals surface area (Å²) in [6, 6.07) is 15.6. The summed E-state index contributed by atoms with van der Waals surface area (Å²) in [5.74, 6) is -0.391. The van der Waals surface area contributed by atoms with Crippen LogP contribution in [0.1, 0.15) is 34.5 Å². The van der Waals surface area contributed by atoms with Gasteiger partial charge in [-0.25, -0.2) is 13.4 Å². The fourth-order valence-corrected chi connectivity index (χ4v) is 7.36. The van der Waals surface area contributed by atoms with Gasteiger partial charge in [0.25, 0.3) is 5.91 Å². The van der Waals surface area contributed by atoms with Gasteiger partial charge in [0.15, 0.2) is 0 Å². The summed E-state index contributed by atoms with van der Waals surface area (Å²) < 4.78 is 29.3. The van der Waals surface area contributed by atoms with Gasteiger partial charge in [-0.15, -0.1) is 11.3 Å². The first-order valence-electron chi connectivity index (χ1n) is 11.0. The number of benzene rings is 2. The first kappa shape index (κ1) is 24.3. The number of hydrogen-bond acceptors (Lipinski definition) is 7. The van der Waals surface area contributed by atoms with E-state index in [1.807, 2.05) is 35.7 Å². The molecule has 0 unspecified atom stereocenters. The highest BCUT2D eigenvalue weighted by molar-refractivity contribution is 9.10. The van der Waals surface area contributed by atoms with E-state index in [1.54, 1.807) is 6.21 Å². The third-order valence-electron chi connectivity index (χ3n) is 5.61. The van der Waals surface area contributed by atoms with Crippen LogP contribution in [0.25, 0.3) is 10.2 Å². The molecule has 1 amide bonds. The van der Waals surface area contributed by atoms with Gasteiger partial charge in [-0.05, 0) is 66.8 Å². The molecule has 1 aliphatic rings. The Morgan fingerprint density at radius 3 is 2.57 bits per heavy atom. The molecule has 35 heavy (non-hydrogen) atoms. The van der Waals surface area contributed by atoms with Gasteiger partial charge in [-0.2, -0.15) is 14.4 Å². The number of sulfonamides is 1. The molecule has 0 bridgehead atoms. The number of carbonyl (C=O) groups excluding carboxylic acids is 1. The average Bonchev–Trinajstić information content (AvgIpc) is 3.54. The van der Waals surface area contributed by atoms with Crippen molar-refractivity contribution in [2.75, 3.05) is 18.1 Å². The van der Waals surface area contributed by atoms with Crippen molar-refractivity contribution in [2.45, 2.75) is 24.2 Å². The van der Waals surface area contributed by atoms with E-state index in [0.717, 1.165) is 38.8 Å². The molecule has 0 saturated carbocycles. The number of hydrazone groups is 1. The van der Waals surface area contributed by atoms with Gasteiger partial charge in [-0.3, -0.25) is 4.79 Å². The maximum absolute atomic E-state index is 13.5. The molecular weight excluding hydrogens is 568 g/mol. The van der Waals surface area contributed by atoms with Crippen molar-refractivity contribution >= 4 is 76.1 Å². The molecule has 2 aromatic heterocycles. The maximum Gasteiger partial charge on any atom is 0.280 e. The summed E-state index contributed by atoms with van der Waals surface area (Å²) in [5, 5.41) is 8.09. The van der Waals surface area contributed by atoms with Crippen LogP contribution < -0.4 is 5.01 Å². The summed E-state index contributed by atoms with van der Waals surface area (Å²) in [7, 11) is -3.57. The van der Waals surface area contributed by atoms with E-state index in [2.05, 4.69) is 26.0 Å². The molecule has 2 aromatic carbocycles. The molecule has 0 N–H and O–H groups in total. The number of thiophene rings is 1. The van der Waals surface area contributed by atoms with Crippen molar-refractivity contribution < 1.29 is 13.2 Å². The number of piperidine rings is 1. The topological polar surface area (TPSA) is 82.9 Å². The van der Waals surface area contributed by atoms with Crippen molar-refractivity contribution in [1.82, 2.24) is 9.29 Å². The average molecular weight is 590 g/mol. The van der Waals surface area contributed by atoms with Crippen molar-refractivity contribution in [3.05, 3.63) is 74.9 Å². The molecule has 0 aliphatic carbocycles. The molecule has 1 saturated heterocycles. The number of rotatable bonds is 6. The monoisotopic (exact) mass is 588 g/mol. The second-order valence-corrected chi connectivity index (χ2v) is 12.8. The lowest BCUT2D eigenvalue weighted by atomic mass is 10.2. The zero-order valence-corrected chi connectivity index (χ0v) is 22.5. The largest absolute Gasteiger partial charge is 0.280 e. The van der Waals surface area contributed by atoms with Crippen LogP contribution >= 0.6 is 38.6 Å². The second-order valence-electron chi connectivity index (χ2n) is 7.97. The van der Waals surface area contributed by atoms with Gasteiger partial charge >= 0.3 is 0 Å². The smallest absolute Gasteiger partial charge is 0.267 e. The molecule has 11 heteroatoms. The number of halogens is 1.